The Balaban J connectivity index is 0.000000111. The van der Waals surface area contributed by atoms with Crippen LogP contribution in [0.2, 0.25) is 0 Å². The molecule has 8 aromatic heterocycles. The smallest absolute Gasteiger partial charge is 0.0453 e. The van der Waals surface area contributed by atoms with Crippen molar-refractivity contribution in [3.05, 3.63) is 292 Å². The fourth-order valence-corrected chi connectivity index (χ4v) is 7.96. The van der Waals surface area contributed by atoms with Gasteiger partial charge in [-0.15, -0.1) is 12.4 Å². The van der Waals surface area contributed by atoms with Crippen LogP contribution in [0.5, 0.6) is 0 Å². The average molecular weight is 974 g/mol. The predicted molar refractivity (Wildman–Crippen MR) is 314 cm³/mol. The monoisotopic (exact) mass is 972 g/mol. The van der Waals surface area contributed by atoms with Gasteiger partial charge in [0.1, 0.15) is 0 Å². The fourth-order valence-electron chi connectivity index (χ4n) is 7.96. The summed E-state index contributed by atoms with van der Waals surface area (Å²) in [6.07, 6.45) is 15.6. The Morgan fingerprint density at radius 2 is 0.247 bits per heavy atom. The molecule has 8 nitrogen and oxygen atoms in total. The van der Waals surface area contributed by atoms with Crippen LogP contribution in [-0.2, 0) is 0 Å². The summed E-state index contributed by atoms with van der Waals surface area (Å²) in [4.78, 5) is 25.0. The number of para-hydroxylation sites is 8. The van der Waals surface area contributed by atoms with Gasteiger partial charge >= 0.3 is 0 Å². The lowest BCUT2D eigenvalue weighted by Crippen LogP contribution is -1.61. The average Bonchev–Trinajstić information content (AvgIpc) is 4.31. The van der Waals surface area contributed by atoms with Gasteiger partial charge in [-0.05, 0) is 140 Å². The van der Waals surface area contributed by atoms with E-state index >= 15 is 0 Å². The highest BCUT2D eigenvalue weighted by molar-refractivity contribution is 5.85. The van der Waals surface area contributed by atoms with Crippen molar-refractivity contribution >= 4 is 99.6 Å². The molecule has 0 fully saturated rings. The van der Waals surface area contributed by atoms with Gasteiger partial charge < -0.3 is 39.9 Å². The van der Waals surface area contributed by atoms with Gasteiger partial charge in [0.2, 0.25) is 0 Å². The van der Waals surface area contributed by atoms with Crippen LogP contribution in [0.15, 0.2) is 292 Å². The molecule has 0 radical (unpaired) electrons. The molecule has 0 atom stereocenters. The highest BCUT2D eigenvalue weighted by atomic mass is 35.5. The number of H-pyrrole nitrogens is 8. The van der Waals surface area contributed by atoms with Crippen molar-refractivity contribution < 1.29 is 0 Å². The molecule has 9 heteroatoms. The Labute approximate surface area is 429 Å². The zero-order valence-electron chi connectivity index (χ0n) is 40.1. The first-order valence-electron chi connectivity index (χ1n) is 23.9. The van der Waals surface area contributed by atoms with E-state index in [4.69, 9.17) is 0 Å². The Morgan fingerprint density at radius 1 is 0.137 bits per heavy atom. The van der Waals surface area contributed by atoms with Crippen molar-refractivity contribution in [1.29, 1.82) is 0 Å². The molecule has 16 aromatic rings. The normalized spacial score (nSPS) is 10.1. The van der Waals surface area contributed by atoms with E-state index in [0.29, 0.717) is 0 Å². The van der Waals surface area contributed by atoms with Crippen molar-refractivity contribution in [2.45, 2.75) is 0 Å². The zero-order chi connectivity index (χ0) is 48.8. The molecule has 0 amide bonds. The number of nitrogens with one attached hydrogen (secondary N) is 8. The molecule has 0 aliphatic carbocycles. The van der Waals surface area contributed by atoms with Crippen molar-refractivity contribution in [3.63, 3.8) is 0 Å². The van der Waals surface area contributed by atoms with E-state index in [0.717, 1.165) is 0 Å². The predicted octanol–water partition coefficient (Wildman–Crippen LogP) is 17.8. The van der Waals surface area contributed by atoms with Gasteiger partial charge in [0.25, 0.3) is 0 Å². The van der Waals surface area contributed by atoms with E-state index in [1.807, 2.05) is 147 Å². The third kappa shape index (κ3) is 14.2. The first-order chi connectivity index (χ1) is 35.7. The minimum atomic E-state index is 0. The molecule has 8 heterocycles. The number of benzene rings is 8. The highest BCUT2D eigenvalue weighted by Gasteiger charge is 1.92. The second-order valence-corrected chi connectivity index (χ2v) is 16.5. The second-order valence-electron chi connectivity index (χ2n) is 16.5. The molecule has 8 aromatic carbocycles. The number of fused-ring (bicyclic) bond motifs is 8. The topological polar surface area (TPSA) is 126 Å². The third-order valence-electron chi connectivity index (χ3n) is 11.7. The summed E-state index contributed by atoms with van der Waals surface area (Å²) >= 11 is 0. The van der Waals surface area contributed by atoms with Gasteiger partial charge in [-0.25, -0.2) is 0 Å². The summed E-state index contributed by atoms with van der Waals surface area (Å²) in [5.41, 5.74) is 9.65. The van der Waals surface area contributed by atoms with E-state index in [-0.39, 0.29) is 12.4 Å². The van der Waals surface area contributed by atoms with E-state index < -0.39 is 0 Å². The summed E-state index contributed by atoms with van der Waals surface area (Å²) in [7, 11) is 0. The lowest BCUT2D eigenvalue weighted by Gasteiger charge is -1.83. The van der Waals surface area contributed by atoms with Crippen LogP contribution < -0.4 is 0 Å². The molecule has 73 heavy (non-hydrogen) atoms. The molecule has 0 spiro atoms. The van der Waals surface area contributed by atoms with Crippen LogP contribution in [0, 0.1) is 0 Å². The minimum absolute atomic E-state index is 0. The third-order valence-corrected chi connectivity index (χ3v) is 11.7. The van der Waals surface area contributed by atoms with Gasteiger partial charge in [0.05, 0.1) is 0 Å². The Bertz CT molecular complexity index is 3030. The van der Waals surface area contributed by atoms with Crippen LogP contribution in [0.3, 0.4) is 0 Å². The van der Waals surface area contributed by atoms with Crippen LogP contribution >= 0.6 is 12.4 Å². The minimum Gasteiger partial charge on any atom is -0.361 e. The van der Waals surface area contributed by atoms with Crippen LogP contribution in [0.1, 0.15) is 0 Å². The van der Waals surface area contributed by atoms with Gasteiger partial charge in [-0.3, -0.25) is 0 Å². The standard InChI is InChI=1S/8C8H7N.ClH/c8*1-2-4-8-7(3-1)5-6-9-8;/h8*1-6,9H;1H. The van der Waals surface area contributed by atoms with Gasteiger partial charge in [0.15, 0.2) is 0 Å². The molecular weight excluding hydrogens is 916 g/mol. The molecule has 16 rings (SSSR count). The van der Waals surface area contributed by atoms with Crippen molar-refractivity contribution in [3.8, 4) is 0 Å². The maximum absolute atomic E-state index is 3.12. The molecule has 0 bridgehead atoms. The quantitative estimate of drug-likeness (QED) is 0.0737. The second kappa shape index (κ2) is 26.4. The number of hydrogen-bond acceptors (Lipinski definition) is 0. The highest BCUT2D eigenvalue weighted by Crippen LogP contribution is 2.14. The zero-order valence-corrected chi connectivity index (χ0v) is 40.9. The fraction of sp³-hybridized carbons (Fsp3) is 0. The molecular formula is C64H57ClN8. The van der Waals surface area contributed by atoms with Crippen LogP contribution in [0.4, 0.5) is 0 Å². The first kappa shape index (κ1) is 49.8. The molecule has 0 saturated carbocycles. The van der Waals surface area contributed by atoms with Gasteiger partial charge in [-0.2, -0.15) is 0 Å². The Hall–Kier alpha value is -9.63. The van der Waals surface area contributed by atoms with E-state index in [2.05, 4.69) is 185 Å². The van der Waals surface area contributed by atoms with E-state index in [1.54, 1.807) is 0 Å². The van der Waals surface area contributed by atoms with Crippen molar-refractivity contribution in [2.24, 2.45) is 0 Å². The molecule has 360 valence electrons. The van der Waals surface area contributed by atoms with Gasteiger partial charge in [-0.1, -0.05) is 146 Å². The largest absolute Gasteiger partial charge is 0.361 e. The van der Waals surface area contributed by atoms with Gasteiger partial charge in [0, 0.05) is 93.7 Å². The lowest BCUT2D eigenvalue weighted by atomic mass is 10.3. The summed E-state index contributed by atoms with van der Waals surface area (Å²) < 4.78 is 0. The molecule has 0 aliphatic heterocycles. The molecule has 8 N–H and O–H groups in total. The van der Waals surface area contributed by atoms with Crippen molar-refractivity contribution in [1.82, 2.24) is 39.9 Å². The van der Waals surface area contributed by atoms with E-state index in [9.17, 15) is 0 Å². The Morgan fingerprint density at radius 3 is 0.356 bits per heavy atom. The summed E-state index contributed by atoms with van der Waals surface area (Å²) in [6.45, 7) is 0. The number of halogens is 1. The molecule has 0 unspecified atom stereocenters. The van der Waals surface area contributed by atoms with Crippen LogP contribution in [0.25, 0.3) is 87.2 Å². The van der Waals surface area contributed by atoms with Crippen LogP contribution in [-0.4, -0.2) is 39.9 Å². The molecule has 0 aliphatic rings. The van der Waals surface area contributed by atoms with E-state index in [1.165, 1.54) is 87.2 Å². The molecule has 0 saturated heterocycles. The number of rotatable bonds is 0. The number of aromatic nitrogens is 8. The number of hydrogen-bond donors (Lipinski definition) is 8. The number of aromatic amines is 8. The lowest BCUT2D eigenvalue weighted by molar-refractivity contribution is 1.48. The summed E-state index contributed by atoms with van der Waals surface area (Å²) in [6, 6.07) is 82.3. The SMILES string of the molecule is Cl.c1ccc2[nH]ccc2c1.c1ccc2[nH]ccc2c1.c1ccc2[nH]ccc2c1.c1ccc2[nH]ccc2c1.c1ccc2[nH]ccc2c1.c1ccc2[nH]ccc2c1.c1ccc2[nH]ccc2c1.c1ccc2[nH]ccc2c1. The first-order valence-corrected chi connectivity index (χ1v) is 23.9. The summed E-state index contributed by atoms with van der Waals surface area (Å²) in [5, 5.41) is 10.2. The Kier molecular flexibility index (Phi) is 18.0. The maximum atomic E-state index is 3.12. The maximum Gasteiger partial charge on any atom is 0.0453 e. The summed E-state index contributed by atoms with van der Waals surface area (Å²) in [5.74, 6) is 0. The van der Waals surface area contributed by atoms with Crippen molar-refractivity contribution in [2.75, 3.05) is 0 Å².